The van der Waals surface area contributed by atoms with Gasteiger partial charge in [-0.1, -0.05) is 55.8 Å². The summed E-state index contributed by atoms with van der Waals surface area (Å²) in [5.41, 5.74) is 9.37. The van der Waals surface area contributed by atoms with Gasteiger partial charge in [-0.25, -0.2) is 13.1 Å². The van der Waals surface area contributed by atoms with Crippen LogP contribution in [0.1, 0.15) is 93.9 Å². The maximum atomic E-state index is 12.4. The molecule has 2 aliphatic heterocycles. The average molecular weight is 1170 g/mol. The zero-order valence-corrected chi connectivity index (χ0v) is 51.5. The minimum atomic E-state index is -4.13. The number of ether oxygens (including phenoxy) is 6. The third-order valence-electron chi connectivity index (χ3n) is 14.3. The molecule has 2 atom stereocenters. The van der Waals surface area contributed by atoms with Crippen LogP contribution in [0.3, 0.4) is 0 Å². The Balaban J connectivity index is 0.000000234. The smallest absolute Gasteiger partial charge is 0.493 e. The SMILES string of the molecule is CCC(CN)C1CCN(c2ccnc3cc(OC)c(OC)cc23)CC1.CCC(CNS(=O)(=O)CC(=O)OC(C)(C)C)C1CCN(c2ccnc3cc(OC)c(OC)cc23)CC1.CN(C)c1cc[n+](S(=O)(=O)N=C([O-])OC(C)(C)C)cc1. The number of fused-ring (bicyclic) bond motifs is 2. The van der Waals surface area contributed by atoms with E-state index >= 15 is 0 Å². The molecule has 2 fully saturated rings. The molecular formula is C58H87N9O12S2. The number of rotatable bonds is 19. The molecule has 5 aromatic rings. The summed E-state index contributed by atoms with van der Waals surface area (Å²) in [7, 11) is 2.34. The molecule has 23 heteroatoms. The molecule has 81 heavy (non-hydrogen) atoms. The summed E-state index contributed by atoms with van der Waals surface area (Å²) in [4.78, 5) is 27.6. The molecule has 0 amide bonds. The molecule has 21 nitrogen and oxygen atoms in total. The maximum Gasteiger partial charge on any atom is 0.493 e. The number of carbonyl (C=O) groups is 1. The number of nitrogens with one attached hydrogen (secondary N) is 1. The van der Waals surface area contributed by atoms with E-state index in [2.05, 4.69) is 48.8 Å². The van der Waals surface area contributed by atoms with E-state index in [4.69, 9.17) is 34.2 Å². The number of nitrogens with two attached hydrogens (primary N) is 1. The summed E-state index contributed by atoms with van der Waals surface area (Å²) in [6, 6.07) is 15.2. The minimum absolute atomic E-state index is 0.194. The van der Waals surface area contributed by atoms with Crippen molar-refractivity contribution in [1.29, 1.82) is 0 Å². The summed E-state index contributed by atoms with van der Waals surface area (Å²) in [5.74, 6) is 3.34. The van der Waals surface area contributed by atoms with Gasteiger partial charge in [0, 0.05) is 117 Å². The number of benzene rings is 2. The fourth-order valence-corrected chi connectivity index (χ4v) is 11.8. The highest BCUT2D eigenvalue weighted by Gasteiger charge is 2.30. The highest BCUT2D eigenvalue weighted by Crippen LogP contribution is 2.39. The van der Waals surface area contributed by atoms with Gasteiger partial charge >= 0.3 is 16.2 Å². The number of sulfonamides is 1. The molecule has 3 aromatic heterocycles. The number of aromatic nitrogens is 3. The molecule has 0 aliphatic carbocycles. The maximum absolute atomic E-state index is 12.4. The Kier molecular flexibility index (Phi) is 23.4. The van der Waals surface area contributed by atoms with Crippen LogP contribution in [-0.2, 0) is 34.5 Å². The minimum Gasteiger partial charge on any atom is -0.594 e. The van der Waals surface area contributed by atoms with Crippen molar-refractivity contribution in [2.45, 2.75) is 105 Å². The third kappa shape index (κ3) is 18.8. The zero-order valence-electron chi connectivity index (χ0n) is 49.9. The number of hydrogen-bond acceptors (Lipinski definition) is 18. The van der Waals surface area contributed by atoms with Crippen LogP contribution in [0.4, 0.5) is 17.1 Å². The summed E-state index contributed by atoms with van der Waals surface area (Å²) >= 11 is 0. The van der Waals surface area contributed by atoms with E-state index in [9.17, 15) is 26.7 Å². The molecule has 2 unspecified atom stereocenters. The number of nitrogens with zero attached hydrogens (tertiary/aromatic N) is 7. The first-order valence-electron chi connectivity index (χ1n) is 27.5. The van der Waals surface area contributed by atoms with Gasteiger partial charge in [0.25, 0.3) is 0 Å². The van der Waals surface area contributed by atoms with Crippen LogP contribution in [0, 0.1) is 23.7 Å². The van der Waals surface area contributed by atoms with Crippen molar-refractivity contribution < 1.29 is 59.1 Å². The number of anilines is 3. The Labute approximate surface area is 480 Å². The second kappa shape index (κ2) is 29.0. The predicted molar refractivity (Wildman–Crippen MR) is 317 cm³/mol. The Morgan fingerprint density at radius 1 is 0.716 bits per heavy atom. The molecule has 2 aliphatic rings. The first-order valence-corrected chi connectivity index (χ1v) is 30.5. The van der Waals surface area contributed by atoms with Crippen molar-refractivity contribution in [1.82, 2.24) is 14.7 Å². The van der Waals surface area contributed by atoms with E-state index in [1.807, 2.05) is 61.7 Å². The van der Waals surface area contributed by atoms with Crippen molar-refractivity contribution in [3.05, 3.63) is 73.3 Å². The Bertz CT molecular complexity index is 3090. The van der Waals surface area contributed by atoms with Crippen molar-refractivity contribution >= 4 is 71.2 Å². The van der Waals surface area contributed by atoms with Crippen molar-refractivity contribution in [2.75, 3.05) is 102 Å². The molecule has 2 aromatic carbocycles. The molecule has 5 heterocycles. The van der Waals surface area contributed by atoms with E-state index in [1.165, 1.54) is 37.3 Å². The third-order valence-corrected chi connectivity index (χ3v) is 16.7. The Morgan fingerprint density at radius 3 is 1.52 bits per heavy atom. The van der Waals surface area contributed by atoms with Crippen LogP contribution in [0.25, 0.3) is 21.8 Å². The summed E-state index contributed by atoms with van der Waals surface area (Å²) in [6.07, 6.45) is 11.5. The fraction of sp³-hybridized carbons (Fsp3) is 0.569. The molecule has 2 saturated heterocycles. The molecule has 0 spiro atoms. The van der Waals surface area contributed by atoms with Crippen molar-refractivity contribution in [3.8, 4) is 23.0 Å². The molecule has 7 rings (SSSR count). The van der Waals surface area contributed by atoms with Crippen LogP contribution < -0.4 is 53.2 Å². The molecular weight excluding hydrogens is 1080 g/mol. The Morgan fingerprint density at radius 2 is 1.14 bits per heavy atom. The fourth-order valence-electron chi connectivity index (χ4n) is 10.1. The monoisotopic (exact) mass is 1170 g/mol. The summed E-state index contributed by atoms with van der Waals surface area (Å²) in [6.45, 7) is 19.3. The lowest BCUT2D eigenvalue weighted by Gasteiger charge is -2.37. The molecule has 448 valence electrons. The standard InChI is InChI=1S/C26H39N3O6S.C20H29N3O2.C12H19N3O4S/c1-7-18(16-28-36(31,32)17-25(30)35-26(2,3)4)19-9-12-29(13-10-19)22-8-11-27-21-15-24(34-6)23(33-5)14-20(21)22;1-4-14(13-21)15-6-9-23(10-7-15)18-5-8-22-17-12-20(25-3)19(24-2)11-16(17)18;1-12(2,3)19-11(16)13-20(17,18)15-8-6-10(7-9-15)14(4)5/h8,11,14-15,18-19,28H,7,9-10,12-13,16-17H2,1-6H3;5,8,11-12,14-15H,4,6-7,9-10,13,21H2,1-3H3;6-9H,1-5H3. The number of esters is 1. The lowest BCUT2D eigenvalue weighted by Crippen LogP contribution is -2.43. The van der Waals surface area contributed by atoms with E-state index in [0.717, 1.165) is 101 Å². The van der Waals surface area contributed by atoms with Gasteiger partial charge < -0.3 is 54.0 Å². The number of carbonyl (C=O) groups excluding carboxylic acids is 1. The topological polar surface area (TPSA) is 254 Å². The average Bonchev–Trinajstić information content (AvgIpc) is 3.56. The lowest BCUT2D eigenvalue weighted by molar-refractivity contribution is -0.511. The summed E-state index contributed by atoms with van der Waals surface area (Å²) in [5, 5.41) is 13.6. The number of piperidine rings is 2. The first-order chi connectivity index (χ1) is 38.2. The van der Waals surface area contributed by atoms with E-state index < -0.39 is 49.2 Å². The van der Waals surface area contributed by atoms with Gasteiger partial charge in [-0.05, 0) is 101 Å². The summed E-state index contributed by atoms with van der Waals surface area (Å²) < 4.78 is 87.1. The largest absolute Gasteiger partial charge is 0.594 e. The number of pyridine rings is 3. The van der Waals surface area contributed by atoms with Gasteiger partial charge in [-0.3, -0.25) is 14.8 Å². The lowest BCUT2D eigenvalue weighted by atomic mass is 9.82. The predicted octanol–water partition coefficient (Wildman–Crippen LogP) is 6.87. The van der Waals surface area contributed by atoms with Crippen LogP contribution in [0.15, 0.2) is 77.7 Å². The van der Waals surface area contributed by atoms with Crippen LogP contribution in [0.2, 0.25) is 0 Å². The second-order valence-corrected chi connectivity index (χ2v) is 25.7. The highest BCUT2D eigenvalue weighted by atomic mass is 32.2. The first kappa shape index (κ1) is 65.4. The van der Waals surface area contributed by atoms with E-state index in [0.29, 0.717) is 35.6 Å². The van der Waals surface area contributed by atoms with Gasteiger partial charge in [-0.2, -0.15) is 0 Å². The van der Waals surface area contributed by atoms with Crippen LogP contribution in [-0.4, -0.2) is 138 Å². The van der Waals surface area contributed by atoms with E-state index in [1.54, 1.807) is 82.1 Å². The van der Waals surface area contributed by atoms with Gasteiger partial charge in [0.1, 0.15) is 5.60 Å². The highest BCUT2D eigenvalue weighted by molar-refractivity contribution is 7.90. The Hall–Kier alpha value is -6.43. The normalized spacial score (nSPS) is 15.6. The number of hydrogen-bond donors (Lipinski definition) is 2. The molecule has 0 bridgehead atoms. The van der Waals surface area contributed by atoms with Crippen molar-refractivity contribution in [2.24, 2.45) is 33.8 Å². The van der Waals surface area contributed by atoms with Crippen LogP contribution >= 0.6 is 0 Å². The van der Waals surface area contributed by atoms with E-state index in [-0.39, 0.29) is 5.92 Å². The van der Waals surface area contributed by atoms with Gasteiger partial charge in [-0.15, -0.1) is 8.42 Å². The molecule has 0 radical (unpaired) electrons. The number of methoxy groups -OCH3 is 4. The van der Waals surface area contributed by atoms with Crippen LogP contribution in [0.5, 0.6) is 23.0 Å². The van der Waals surface area contributed by atoms with Gasteiger partial charge in [0.05, 0.1) is 39.5 Å². The van der Waals surface area contributed by atoms with Crippen molar-refractivity contribution in [3.63, 3.8) is 0 Å². The molecule has 0 saturated carbocycles. The quantitative estimate of drug-likeness (QED) is 0.0370. The molecule has 3 N–H and O–H groups in total. The van der Waals surface area contributed by atoms with Gasteiger partial charge in [0.15, 0.2) is 47.2 Å². The second-order valence-electron chi connectivity index (χ2n) is 22.4. The van der Waals surface area contributed by atoms with Gasteiger partial charge in [0.2, 0.25) is 10.0 Å². The zero-order chi connectivity index (χ0) is 59.9.